The van der Waals surface area contributed by atoms with Gasteiger partial charge >= 0.3 is 0 Å². The van der Waals surface area contributed by atoms with E-state index < -0.39 is 0 Å². The van der Waals surface area contributed by atoms with Crippen LogP contribution in [0.5, 0.6) is 5.75 Å². The van der Waals surface area contributed by atoms with Crippen molar-refractivity contribution in [1.29, 1.82) is 0 Å². The van der Waals surface area contributed by atoms with Crippen LogP contribution in [0.15, 0.2) is 53.3 Å². The van der Waals surface area contributed by atoms with Crippen LogP contribution in [0, 0.1) is 0 Å². The van der Waals surface area contributed by atoms with Crippen LogP contribution in [0.1, 0.15) is 31.7 Å². The van der Waals surface area contributed by atoms with E-state index in [9.17, 15) is 9.59 Å². The fourth-order valence-corrected chi connectivity index (χ4v) is 2.88. The molecule has 1 aromatic heterocycles. The molecule has 0 saturated carbocycles. The summed E-state index contributed by atoms with van der Waals surface area (Å²) in [7, 11) is 0. The molecule has 1 atom stereocenters. The molecule has 26 heavy (non-hydrogen) atoms. The summed E-state index contributed by atoms with van der Waals surface area (Å²) in [6.45, 7) is 4.47. The van der Waals surface area contributed by atoms with E-state index in [1.807, 2.05) is 38.1 Å². The van der Waals surface area contributed by atoms with Crippen molar-refractivity contribution in [3.63, 3.8) is 0 Å². The van der Waals surface area contributed by atoms with Gasteiger partial charge in [0.1, 0.15) is 17.8 Å². The van der Waals surface area contributed by atoms with E-state index in [1.165, 1.54) is 0 Å². The maximum atomic E-state index is 12.4. The summed E-state index contributed by atoms with van der Waals surface area (Å²) in [6.07, 6.45) is 0.328. The molecular weight excluding hydrogens is 330 g/mol. The second-order valence-corrected chi connectivity index (χ2v) is 6.22. The fraction of sp³-hybridized carbons (Fsp3) is 0.300. The van der Waals surface area contributed by atoms with Crippen molar-refractivity contribution in [1.82, 2.24) is 15.0 Å². The lowest BCUT2D eigenvalue weighted by Crippen LogP contribution is -2.28. The normalized spacial score (nSPS) is 12.1. The van der Waals surface area contributed by atoms with Crippen LogP contribution in [-0.2, 0) is 11.3 Å². The van der Waals surface area contributed by atoms with Gasteiger partial charge < -0.3 is 4.74 Å². The van der Waals surface area contributed by atoms with Crippen LogP contribution in [0.3, 0.4) is 0 Å². The largest absolute Gasteiger partial charge is 0.494 e. The van der Waals surface area contributed by atoms with Crippen molar-refractivity contribution >= 4 is 16.7 Å². The molecule has 0 bridgehead atoms. The van der Waals surface area contributed by atoms with Crippen LogP contribution < -0.4 is 10.3 Å². The summed E-state index contributed by atoms with van der Waals surface area (Å²) >= 11 is 0. The summed E-state index contributed by atoms with van der Waals surface area (Å²) < 4.78 is 6.56. The van der Waals surface area contributed by atoms with Crippen LogP contribution in [0.4, 0.5) is 0 Å². The average Bonchev–Trinajstić information content (AvgIpc) is 2.65. The number of fused-ring (bicyclic) bond motifs is 1. The van der Waals surface area contributed by atoms with Crippen molar-refractivity contribution in [2.24, 2.45) is 0 Å². The molecule has 3 aromatic rings. The minimum absolute atomic E-state index is 0.0438. The average molecular weight is 351 g/mol. The zero-order valence-corrected chi connectivity index (χ0v) is 14.9. The molecule has 0 fully saturated rings. The number of nitrogens with zero attached hydrogens (tertiary/aromatic N) is 3. The van der Waals surface area contributed by atoms with Crippen molar-refractivity contribution < 1.29 is 9.53 Å². The van der Waals surface area contributed by atoms with Crippen molar-refractivity contribution in [3.8, 4) is 5.75 Å². The predicted octanol–water partition coefficient (Wildman–Crippen LogP) is 2.95. The Morgan fingerprint density at radius 2 is 1.88 bits per heavy atom. The van der Waals surface area contributed by atoms with E-state index in [0.29, 0.717) is 23.9 Å². The molecule has 0 aliphatic heterocycles. The molecule has 6 nitrogen and oxygen atoms in total. The Morgan fingerprint density at radius 1 is 1.15 bits per heavy atom. The first kappa shape index (κ1) is 17.8. The highest BCUT2D eigenvalue weighted by atomic mass is 16.5. The molecule has 2 aromatic carbocycles. The van der Waals surface area contributed by atoms with E-state index in [2.05, 4.69) is 10.3 Å². The Kier molecular flexibility index (Phi) is 5.41. The minimum Gasteiger partial charge on any atom is -0.494 e. The van der Waals surface area contributed by atoms with Gasteiger partial charge in [-0.25, -0.2) is 4.68 Å². The van der Waals surface area contributed by atoms with E-state index in [-0.39, 0.29) is 23.8 Å². The van der Waals surface area contributed by atoms with Gasteiger partial charge in [-0.3, -0.25) is 9.59 Å². The number of hydrogen-bond acceptors (Lipinski definition) is 5. The number of carbonyl (C=O) groups excluding carboxylic acids is 1. The summed E-state index contributed by atoms with van der Waals surface area (Å²) in [5.74, 6) is 0.799. The molecule has 0 saturated heterocycles. The molecule has 134 valence electrons. The molecule has 0 aliphatic rings. The number of aromatic nitrogens is 3. The number of rotatable bonds is 7. The number of benzene rings is 2. The Hall–Kier alpha value is -3.02. The zero-order chi connectivity index (χ0) is 18.5. The van der Waals surface area contributed by atoms with Crippen molar-refractivity contribution in [2.75, 3.05) is 6.61 Å². The van der Waals surface area contributed by atoms with Gasteiger partial charge in [0.25, 0.3) is 5.56 Å². The third kappa shape index (κ3) is 3.96. The van der Waals surface area contributed by atoms with Gasteiger partial charge in [0.15, 0.2) is 5.78 Å². The third-order valence-electron chi connectivity index (χ3n) is 4.25. The number of Topliss-reactive ketones (excluding diaryl/α,β-unsaturated/α-hetero) is 1. The molecule has 3 rings (SSSR count). The molecule has 0 aliphatic carbocycles. The lowest BCUT2D eigenvalue weighted by Gasteiger charge is -2.12. The van der Waals surface area contributed by atoms with Crippen molar-refractivity contribution in [3.05, 3.63) is 64.4 Å². The third-order valence-corrected chi connectivity index (χ3v) is 4.25. The van der Waals surface area contributed by atoms with Gasteiger partial charge in [-0.05, 0) is 42.7 Å². The number of hydrogen-bond donors (Lipinski definition) is 0. The van der Waals surface area contributed by atoms with Gasteiger partial charge in [-0.15, -0.1) is 5.10 Å². The number of carbonyl (C=O) groups is 1. The highest BCUT2D eigenvalue weighted by Crippen LogP contribution is 2.22. The van der Waals surface area contributed by atoms with Crippen LogP contribution in [0.2, 0.25) is 0 Å². The molecule has 0 spiro atoms. The molecule has 6 heteroatoms. The fourth-order valence-electron chi connectivity index (χ4n) is 2.88. The predicted molar refractivity (Wildman–Crippen MR) is 99.4 cm³/mol. The highest BCUT2D eigenvalue weighted by Gasteiger charge is 2.14. The minimum atomic E-state index is -0.294. The maximum Gasteiger partial charge on any atom is 0.278 e. The summed E-state index contributed by atoms with van der Waals surface area (Å²) in [4.78, 5) is 24.8. The Bertz CT molecular complexity index is 964. The highest BCUT2D eigenvalue weighted by molar-refractivity contribution is 5.80. The molecule has 0 unspecified atom stereocenters. The first-order valence-electron chi connectivity index (χ1n) is 8.65. The number of ketones is 1. The van der Waals surface area contributed by atoms with Gasteiger partial charge in [0.2, 0.25) is 0 Å². The summed E-state index contributed by atoms with van der Waals surface area (Å²) in [6, 6.07) is 14.7. The smallest absolute Gasteiger partial charge is 0.278 e. The molecule has 1 heterocycles. The maximum absolute atomic E-state index is 12.4. The first-order chi connectivity index (χ1) is 12.6. The first-order valence-corrected chi connectivity index (χ1v) is 8.65. The van der Waals surface area contributed by atoms with Crippen molar-refractivity contribution in [2.45, 2.75) is 32.7 Å². The zero-order valence-electron chi connectivity index (χ0n) is 14.9. The number of ether oxygens (including phenoxy) is 1. The summed E-state index contributed by atoms with van der Waals surface area (Å²) in [5, 5.41) is 8.35. The molecule has 0 radical (unpaired) electrons. The quantitative estimate of drug-likeness (QED) is 0.654. The van der Waals surface area contributed by atoms with Gasteiger partial charge in [-0.2, -0.15) is 0 Å². The standard InChI is InChI=1S/C20H21N3O3/c1-3-26-17-10-8-15(9-11-17)14(2)12-16(24)13-23-20(25)18-6-4-5-7-19(18)21-22-23/h4-11,14H,3,12-13H2,1-2H3/t14-/m1/s1. The van der Waals surface area contributed by atoms with E-state index >= 15 is 0 Å². The SMILES string of the molecule is CCOc1ccc([C@H](C)CC(=O)Cn2nnc3ccccc3c2=O)cc1. The van der Waals surface area contributed by atoms with E-state index in [1.54, 1.807) is 24.3 Å². The van der Waals surface area contributed by atoms with Gasteiger partial charge in [0.05, 0.1) is 12.0 Å². The van der Waals surface area contributed by atoms with Crippen LogP contribution in [0.25, 0.3) is 10.9 Å². The molecule has 0 amide bonds. The van der Waals surface area contributed by atoms with Gasteiger partial charge in [-0.1, -0.05) is 36.4 Å². The second kappa shape index (κ2) is 7.91. The lowest BCUT2D eigenvalue weighted by molar-refractivity contribution is -0.120. The molecule has 0 N–H and O–H groups in total. The monoisotopic (exact) mass is 351 g/mol. The topological polar surface area (TPSA) is 74.1 Å². The van der Waals surface area contributed by atoms with Crippen LogP contribution >= 0.6 is 0 Å². The summed E-state index contributed by atoms with van der Waals surface area (Å²) in [5.41, 5.74) is 1.29. The Balaban J connectivity index is 1.68. The lowest BCUT2D eigenvalue weighted by atomic mass is 9.95. The van der Waals surface area contributed by atoms with Gasteiger partial charge in [0, 0.05) is 6.42 Å². The molecular formula is C20H21N3O3. The van der Waals surface area contributed by atoms with Crippen LogP contribution in [-0.4, -0.2) is 27.4 Å². The second-order valence-electron chi connectivity index (χ2n) is 6.22. The Labute approximate surface area is 151 Å². The Morgan fingerprint density at radius 3 is 2.62 bits per heavy atom. The van der Waals surface area contributed by atoms with E-state index in [4.69, 9.17) is 4.74 Å². The van der Waals surface area contributed by atoms with E-state index in [0.717, 1.165) is 16.0 Å².